The summed E-state index contributed by atoms with van der Waals surface area (Å²) in [5.74, 6) is 0.552. The molecule has 0 radical (unpaired) electrons. The van der Waals surface area contributed by atoms with Gasteiger partial charge in [-0.25, -0.2) is 4.52 Å². The summed E-state index contributed by atoms with van der Waals surface area (Å²) in [6, 6.07) is 10.1. The van der Waals surface area contributed by atoms with Gasteiger partial charge in [0, 0.05) is 24.0 Å². The van der Waals surface area contributed by atoms with E-state index in [1.165, 1.54) is 17.7 Å². The minimum Gasteiger partial charge on any atom is -0.475 e. The van der Waals surface area contributed by atoms with Crippen LogP contribution >= 0.6 is 0 Å². The molecular formula is C18H18N4O. The van der Waals surface area contributed by atoms with Crippen molar-refractivity contribution in [2.45, 2.75) is 25.7 Å². The summed E-state index contributed by atoms with van der Waals surface area (Å²) in [6.07, 6.45) is 5.89. The first kappa shape index (κ1) is 13.9. The molecule has 0 unspecified atom stereocenters. The lowest BCUT2D eigenvalue weighted by atomic mass is 10.2. The SMILES string of the molecule is C=Nc1c(OCCc2ccccn2)nn2c3c(ccc12)CCC3. The predicted octanol–water partition coefficient (Wildman–Crippen LogP) is 3.17. The molecule has 3 aromatic rings. The van der Waals surface area contributed by atoms with Crippen LogP contribution in [0.3, 0.4) is 0 Å². The number of aromatic nitrogens is 3. The summed E-state index contributed by atoms with van der Waals surface area (Å²) in [6.45, 7) is 4.20. The van der Waals surface area contributed by atoms with E-state index in [0.717, 1.165) is 36.2 Å². The van der Waals surface area contributed by atoms with Crippen molar-refractivity contribution in [3.8, 4) is 5.88 Å². The maximum atomic E-state index is 5.87. The molecule has 0 N–H and O–H groups in total. The van der Waals surface area contributed by atoms with E-state index in [2.05, 4.69) is 33.9 Å². The fourth-order valence-corrected chi connectivity index (χ4v) is 3.15. The zero-order chi connectivity index (χ0) is 15.6. The molecule has 5 heteroatoms. The molecule has 0 amide bonds. The second-order valence-corrected chi connectivity index (χ2v) is 5.69. The summed E-state index contributed by atoms with van der Waals surface area (Å²) in [5, 5.41) is 4.63. The van der Waals surface area contributed by atoms with Gasteiger partial charge in [-0.3, -0.25) is 9.98 Å². The lowest BCUT2D eigenvalue weighted by Gasteiger charge is -2.03. The van der Waals surface area contributed by atoms with Crippen molar-refractivity contribution in [3.63, 3.8) is 0 Å². The van der Waals surface area contributed by atoms with E-state index in [1.807, 2.05) is 22.7 Å². The van der Waals surface area contributed by atoms with Crippen LogP contribution in [0.2, 0.25) is 0 Å². The summed E-state index contributed by atoms with van der Waals surface area (Å²) < 4.78 is 7.85. The third-order valence-corrected chi connectivity index (χ3v) is 4.27. The molecule has 0 saturated carbocycles. The summed E-state index contributed by atoms with van der Waals surface area (Å²) in [7, 11) is 0. The minimum atomic E-state index is 0.519. The van der Waals surface area contributed by atoms with Gasteiger partial charge in [-0.15, -0.1) is 5.10 Å². The van der Waals surface area contributed by atoms with Crippen molar-refractivity contribution in [1.29, 1.82) is 0 Å². The Balaban J connectivity index is 1.61. The molecule has 4 rings (SSSR count). The van der Waals surface area contributed by atoms with E-state index >= 15 is 0 Å². The van der Waals surface area contributed by atoms with Crippen LogP contribution in [0.25, 0.3) is 5.52 Å². The van der Waals surface area contributed by atoms with Gasteiger partial charge >= 0.3 is 0 Å². The van der Waals surface area contributed by atoms with Crippen LogP contribution in [0.4, 0.5) is 5.69 Å². The Hall–Kier alpha value is -2.69. The highest BCUT2D eigenvalue weighted by atomic mass is 16.5. The van der Waals surface area contributed by atoms with Gasteiger partial charge in [0.1, 0.15) is 0 Å². The van der Waals surface area contributed by atoms with Crippen LogP contribution in [-0.4, -0.2) is 27.9 Å². The molecule has 5 nitrogen and oxygen atoms in total. The summed E-state index contributed by atoms with van der Waals surface area (Å²) in [5.41, 5.74) is 5.34. The molecular weight excluding hydrogens is 288 g/mol. The first-order valence-electron chi connectivity index (χ1n) is 7.90. The van der Waals surface area contributed by atoms with E-state index in [0.29, 0.717) is 12.5 Å². The number of aryl methyl sites for hydroxylation is 2. The standard InChI is InChI=1S/C18H18N4O/c1-19-17-16-9-8-13-5-4-7-15(13)22(16)21-18(17)23-12-10-14-6-2-3-11-20-14/h2-3,6,8-9,11H,1,4-5,7,10,12H2. The number of nitrogens with zero attached hydrogens (tertiary/aromatic N) is 4. The van der Waals surface area contributed by atoms with Crippen molar-refractivity contribution in [2.24, 2.45) is 4.99 Å². The molecule has 116 valence electrons. The van der Waals surface area contributed by atoms with Gasteiger partial charge in [-0.2, -0.15) is 0 Å². The van der Waals surface area contributed by atoms with Crippen LogP contribution in [0.5, 0.6) is 5.88 Å². The largest absolute Gasteiger partial charge is 0.475 e. The number of hydrogen-bond donors (Lipinski definition) is 0. The Labute approximate surface area is 134 Å². The van der Waals surface area contributed by atoms with E-state index in [-0.39, 0.29) is 0 Å². The Kier molecular flexibility index (Phi) is 3.54. The van der Waals surface area contributed by atoms with Gasteiger partial charge in [-0.1, -0.05) is 12.1 Å². The van der Waals surface area contributed by atoms with E-state index in [9.17, 15) is 0 Å². The van der Waals surface area contributed by atoms with Crippen LogP contribution in [0, 0.1) is 0 Å². The number of hydrogen-bond acceptors (Lipinski definition) is 4. The maximum Gasteiger partial charge on any atom is 0.260 e. The fourth-order valence-electron chi connectivity index (χ4n) is 3.15. The maximum absolute atomic E-state index is 5.87. The Morgan fingerprint density at radius 3 is 3.00 bits per heavy atom. The minimum absolute atomic E-state index is 0.519. The highest BCUT2D eigenvalue weighted by Gasteiger charge is 2.20. The fraction of sp³-hybridized carbons (Fsp3) is 0.278. The quantitative estimate of drug-likeness (QED) is 0.680. The van der Waals surface area contributed by atoms with Crippen LogP contribution in [-0.2, 0) is 19.3 Å². The Morgan fingerprint density at radius 2 is 2.17 bits per heavy atom. The number of pyridine rings is 2. The normalized spacial score (nSPS) is 13.2. The van der Waals surface area contributed by atoms with Crippen LogP contribution in [0.15, 0.2) is 41.5 Å². The first-order valence-corrected chi connectivity index (χ1v) is 7.90. The zero-order valence-electron chi connectivity index (χ0n) is 12.9. The van der Waals surface area contributed by atoms with Gasteiger partial charge in [0.2, 0.25) is 0 Å². The van der Waals surface area contributed by atoms with Crippen LogP contribution < -0.4 is 4.74 Å². The lowest BCUT2D eigenvalue weighted by molar-refractivity contribution is 0.307. The molecule has 0 aromatic carbocycles. The molecule has 23 heavy (non-hydrogen) atoms. The van der Waals surface area contributed by atoms with E-state index in [1.54, 1.807) is 6.20 Å². The highest BCUT2D eigenvalue weighted by Crippen LogP contribution is 2.34. The van der Waals surface area contributed by atoms with Crippen molar-refractivity contribution in [1.82, 2.24) is 14.6 Å². The molecule has 1 aliphatic rings. The van der Waals surface area contributed by atoms with Gasteiger partial charge in [0.15, 0.2) is 5.69 Å². The molecule has 0 bridgehead atoms. The van der Waals surface area contributed by atoms with Crippen molar-refractivity contribution < 1.29 is 4.74 Å². The van der Waals surface area contributed by atoms with E-state index < -0.39 is 0 Å². The zero-order valence-corrected chi connectivity index (χ0v) is 12.9. The number of fused-ring (bicyclic) bond motifs is 3. The molecule has 0 atom stereocenters. The van der Waals surface area contributed by atoms with Crippen molar-refractivity contribution in [2.75, 3.05) is 6.61 Å². The topological polar surface area (TPSA) is 51.8 Å². The number of ether oxygens (including phenoxy) is 1. The number of aliphatic imine (C=N–C) groups is 1. The lowest BCUT2D eigenvalue weighted by Crippen LogP contribution is -2.03. The third kappa shape index (κ3) is 2.48. The Morgan fingerprint density at radius 1 is 1.22 bits per heavy atom. The third-order valence-electron chi connectivity index (χ3n) is 4.27. The Bertz CT molecular complexity index is 854. The highest BCUT2D eigenvalue weighted by molar-refractivity contribution is 5.76. The molecule has 0 fully saturated rings. The monoisotopic (exact) mass is 306 g/mol. The first-order chi connectivity index (χ1) is 11.4. The summed E-state index contributed by atoms with van der Waals surface area (Å²) in [4.78, 5) is 8.44. The van der Waals surface area contributed by atoms with Crippen molar-refractivity contribution in [3.05, 3.63) is 53.5 Å². The molecule has 3 heterocycles. The molecule has 0 aliphatic heterocycles. The smallest absolute Gasteiger partial charge is 0.260 e. The average Bonchev–Trinajstić information content (AvgIpc) is 3.19. The van der Waals surface area contributed by atoms with Gasteiger partial charge in [0.25, 0.3) is 5.88 Å². The van der Waals surface area contributed by atoms with E-state index in [4.69, 9.17) is 4.74 Å². The summed E-state index contributed by atoms with van der Waals surface area (Å²) >= 11 is 0. The second-order valence-electron chi connectivity index (χ2n) is 5.69. The van der Waals surface area contributed by atoms with Crippen molar-refractivity contribution >= 4 is 17.9 Å². The van der Waals surface area contributed by atoms with Gasteiger partial charge in [-0.05, 0) is 49.7 Å². The predicted molar refractivity (Wildman–Crippen MR) is 89.9 cm³/mol. The number of rotatable bonds is 5. The molecule has 1 aliphatic carbocycles. The molecule has 3 aromatic heterocycles. The molecule has 0 saturated heterocycles. The van der Waals surface area contributed by atoms with Gasteiger partial charge in [0.05, 0.1) is 12.1 Å². The van der Waals surface area contributed by atoms with Gasteiger partial charge < -0.3 is 4.74 Å². The second kappa shape index (κ2) is 5.83. The molecule has 0 spiro atoms. The van der Waals surface area contributed by atoms with Crippen LogP contribution in [0.1, 0.15) is 23.4 Å². The average molecular weight is 306 g/mol.